The molecule has 0 saturated carbocycles. The molecule has 1 N–H and O–H groups in total. The Morgan fingerprint density at radius 1 is 1.08 bits per heavy atom. The van der Waals surface area contributed by atoms with Crippen LogP contribution in [0.5, 0.6) is 0 Å². The van der Waals surface area contributed by atoms with Crippen molar-refractivity contribution in [2.45, 2.75) is 39.2 Å². The number of hydrogen-bond donors (Lipinski definition) is 1. The molecule has 0 unspecified atom stereocenters. The lowest BCUT2D eigenvalue weighted by Gasteiger charge is -2.21. The lowest BCUT2D eigenvalue weighted by molar-refractivity contribution is 0.0526. The molecule has 6 heteroatoms. The highest BCUT2D eigenvalue weighted by atomic mass is 16.5. The maximum atomic E-state index is 11.6. The molecular weight excluding hydrogens is 328 g/mol. The maximum Gasteiger partial charge on any atom is 0.339 e. The van der Waals surface area contributed by atoms with E-state index in [1.54, 1.807) is 19.1 Å². The largest absolute Gasteiger partial charge is 0.462 e. The third-order valence-corrected chi connectivity index (χ3v) is 4.49. The van der Waals surface area contributed by atoms with E-state index in [0.29, 0.717) is 18.7 Å². The zero-order chi connectivity index (χ0) is 18.2. The first-order valence-corrected chi connectivity index (χ1v) is 9.33. The average Bonchev–Trinajstić information content (AvgIpc) is 2.97. The van der Waals surface area contributed by atoms with Crippen molar-refractivity contribution in [3.8, 4) is 0 Å². The van der Waals surface area contributed by atoms with E-state index < -0.39 is 0 Å². The van der Waals surface area contributed by atoms with Crippen LogP contribution in [0.1, 0.15) is 48.5 Å². The third-order valence-electron chi connectivity index (χ3n) is 4.49. The molecule has 6 nitrogen and oxygen atoms in total. The topological polar surface area (TPSA) is 67.3 Å². The summed E-state index contributed by atoms with van der Waals surface area (Å²) in [5.74, 6) is 1.43. The van der Waals surface area contributed by atoms with Crippen molar-refractivity contribution in [1.29, 1.82) is 0 Å². The zero-order valence-electron chi connectivity index (χ0n) is 15.3. The van der Waals surface area contributed by atoms with Gasteiger partial charge in [0.2, 0.25) is 0 Å². The molecule has 1 aliphatic rings. The number of aromatic nitrogens is 2. The van der Waals surface area contributed by atoms with Gasteiger partial charge in [-0.15, -0.1) is 0 Å². The summed E-state index contributed by atoms with van der Waals surface area (Å²) in [6.07, 6.45) is 8.58. The number of nitrogens with one attached hydrogen (secondary N) is 1. The summed E-state index contributed by atoms with van der Waals surface area (Å²) >= 11 is 0. The van der Waals surface area contributed by atoms with Gasteiger partial charge in [-0.25, -0.2) is 14.8 Å². The molecule has 0 atom stereocenters. The van der Waals surface area contributed by atoms with E-state index >= 15 is 0 Å². The van der Waals surface area contributed by atoms with Crippen LogP contribution in [0.2, 0.25) is 0 Å². The SMILES string of the molecule is CCOC(=O)c1ccc(NCc2ccc(N3CCCCCC3)nc2)nc1. The quantitative estimate of drug-likeness (QED) is 0.799. The highest BCUT2D eigenvalue weighted by molar-refractivity contribution is 5.89. The highest BCUT2D eigenvalue weighted by Gasteiger charge is 2.11. The molecule has 138 valence electrons. The Morgan fingerprint density at radius 3 is 2.50 bits per heavy atom. The van der Waals surface area contributed by atoms with E-state index in [1.165, 1.54) is 31.9 Å². The Hall–Kier alpha value is -2.63. The maximum absolute atomic E-state index is 11.6. The van der Waals surface area contributed by atoms with Crippen molar-refractivity contribution >= 4 is 17.6 Å². The van der Waals surface area contributed by atoms with Crippen LogP contribution in [-0.2, 0) is 11.3 Å². The fourth-order valence-electron chi connectivity index (χ4n) is 3.03. The Labute approximate surface area is 154 Å². The Balaban J connectivity index is 1.53. The van der Waals surface area contributed by atoms with Crippen LogP contribution in [0.15, 0.2) is 36.7 Å². The molecule has 3 heterocycles. The Bertz CT molecular complexity index is 693. The first-order chi connectivity index (χ1) is 12.8. The number of carbonyl (C=O) groups excluding carboxylic acids is 1. The summed E-state index contributed by atoms with van der Waals surface area (Å²) in [5, 5.41) is 3.25. The molecule has 2 aromatic heterocycles. The minimum absolute atomic E-state index is 0.347. The molecule has 1 fully saturated rings. The van der Waals surface area contributed by atoms with Gasteiger partial charge < -0.3 is 15.0 Å². The van der Waals surface area contributed by atoms with Crippen molar-refractivity contribution in [1.82, 2.24) is 9.97 Å². The van der Waals surface area contributed by atoms with E-state index in [0.717, 1.165) is 30.3 Å². The van der Waals surface area contributed by atoms with Gasteiger partial charge in [0, 0.05) is 32.0 Å². The predicted molar refractivity (Wildman–Crippen MR) is 102 cm³/mol. The van der Waals surface area contributed by atoms with Gasteiger partial charge in [0.1, 0.15) is 11.6 Å². The van der Waals surface area contributed by atoms with E-state index in [9.17, 15) is 4.79 Å². The number of pyridine rings is 2. The third kappa shape index (κ3) is 4.94. The Morgan fingerprint density at radius 2 is 1.88 bits per heavy atom. The summed E-state index contributed by atoms with van der Waals surface area (Å²) in [5.41, 5.74) is 1.56. The number of ether oxygens (including phenoxy) is 1. The van der Waals surface area contributed by atoms with Crippen LogP contribution < -0.4 is 10.2 Å². The summed E-state index contributed by atoms with van der Waals surface area (Å²) in [6.45, 7) is 4.98. The smallest absolute Gasteiger partial charge is 0.339 e. The van der Waals surface area contributed by atoms with Gasteiger partial charge in [-0.1, -0.05) is 18.9 Å². The summed E-state index contributed by atoms with van der Waals surface area (Å²) < 4.78 is 4.95. The Kier molecular flexibility index (Phi) is 6.41. The zero-order valence-corrected chi connectivity index (χ0v) is 15.3. The number of carbonyl (C=O) groups is 1. The van der Waals surface area contributed by atoms with E-state index in [1.807, 2.05) is 6.20 Å². The van der Waals surface area contributed by atoms with Crippen molar-refractivity contribution in [2.75, 3.05) is 29.9 Å². The number of nitrogens with zero attached hydrogens (tertiary/aromatic N) is 3. The van der Waals surface area contributed by atoms with Crippen molar-refractivity contribution in [3.05, 3.63) is 47.8 Å². The number of anilines is 2. The first-order valence-electron chi connectivity index (χ1n) is 9.33. The molecule has 2 aromatic rings. The number of hydrogen-bond acceptors (Lipinski definition) is 6. The first kappa shape index (κ1) is 18.2. The van der Waals surface area contributed by atoms with Gasteiger partial charge >= 0.3 is 5.97 Å². The number of rotatable bonds is 6. The molecule has 0 amide bonds. The van der Waals surface area contributed by atoms with Crippen LogP contribution >= 0.6 is 0 Å². The normalized spacial score (nSPS) is 14.6. The molecule has 1 aliphatic heterocycles. The van der Waals surface area contributed by atoms with Gasteiger partial charge in [0.05, 0.1) is 12.2 Å². The molecule has 1 saturated heterocycles. The summed E-state index contributed by atoms with van der Waals surface area (Å²) in [4.78, 5) is 22.9. The van der Waals surface area contributed by atoms with Crippen LogP contribution in [0, 0.1) is 0 Å². The summed E-state index contributed by atoms with van der Waals surface area (Å²) in [7, 11) is 0. The molecule has 0 aromatic carbocycles. The molecule has 3 rings (SSSR count). The molecule has 0 radical (unpaired) electrons. The fraction of sp³-hybridized carbons (Fsp3) is 0.450. The fourth-order valence-corrected chi connectivity index (χ4v) is 3.03. The molecular formula is C20H26N4O2. The van der Waals surface area contributed by atoms with Crippen LogP contribution in [-0.4, -0.2) is 35.6 Å². The molecule has 0 aliphatic carbocycles. The van der Waals surface area contributed by atoms with Crippen LogP contribution in [0.25, 0.3) is 0 Å². The predicted octanol–water partition coefficient (Wildman–Crippen LogP) is 3.65. The minimum atomic E-state index is -0.347. The second-order valence-electron chi connectivity index (χ2n) is 6.43. The van der Waals surface area contributed by atoms with Gasteiger partial charge in [0.15, 0.2) is 0 Å². The molecule has 26 heavy (non-hydrogen) atoms. The standard InChI is InChI=1S/C20H26N4O2/c1-2-26-20(25)17-8-9-18(22-15-17)21-13-16-7-10-19(23-14-16)24-11-5-3-4-6-12-24/h7-10,14-15H,2-6,11-13H2,1H3,(H,21,22). The van der Waals surface area contributed by atoms with Crippen molar-refractivity contribution < 1.29 is 9.53 Å². The lowest BCUT2D eigenvalue weighted by atomic mass is 10.2. The van der Waals surface area contributed by atoms with Crippen molar-refractivity contribution in [3.63, 3.8) is 0 Å². The van der Waals surface area contributed by atoms with Gasteiger partial charge in [-0.2, -0.15) is 0 Å². The molecule has 0 bridgehead atoms. The van der Waals surface area contributed by atoms with E-state index in [-0.39, 0.29) is 5.97 Å². The second-order valence-corrected chi connectivity index (χ2v) is 6.43. The van der Waals surface area contributed by atoms with E-state index in [2.05, 4.69) is 32.3 Å². The average molecular weight is 354 g/mol. The van der Waals surface area contributed by atoms with Gasteiger partial charge in [-0.3, -0.25) is 0 Å². The van der Waals surface area contributed by atoms with Crippen molar-refractivity contribution in [2.24, 2.45) is 0 Å². The minimum Gasteiger partial charge on any atom is -0.462 e. The molecule has 0 spiro atoms. The lowest BCUT2D eigenvalue weighted by Crippen LogP contribution is -2.24. The number of esters is 1. The monoisotopic (exact) mass is 354 g/mol. The highest BCUT2D eigenvalue weighted by Crippen LogP contribution is 2.18. The second kappa shape index (κ2) is 9.17. The van der Waals surface area contributed by atoms with E-state index in [4.69, 9.17) is 4.74 Å². The summed E-state index contributed by atoms with van der Waals surface area (Å²) in [6, 6.07) is 7.70. The van der Waals surface area contributed by atoms with Crippen LogP contribution in [0.3, 0.4) is 0 Å². The van der Waals surface area contributed by atoms with Crippen LogP contribution in [0.4, 0.5) is 11.6 Å². The van der Waals surface area contributed by atoms with Gasteiger partial charge in [-0.05, 0) is 43.5 Å². The van der Waals surface area contributed by atoms with Gasteiger partial charge in [0.25, 0.3) is 0 Å².